The van der Waals surface area contributed by atoms with Crippen molar-refractivity contribution < 1.29 is 14.3 Å². The first kappa shape index (κ1) is 17.2. The van der Waals surface area contributed by atoms with Crippen LogP contribution in [-0.2, 0) is 9.47 Å². The van der Waals surface area contributed by atoms with Crippen molar-refractivity contribution in [3.05, 3.63) is 0 Å². The zero-order chi connectivity index (χ0) is 14.8. The largest absolute Gasteiger partial charge is 0.450 e. The molecule has 1 fully saturated rings. The molecule has 20 heavy (non-hydrogen) atoms. The quantitative estimate of drug-likeness (QED) is 0.696. The van der Waals surface area contributed by atoms with E-state index in [9.17, 15) is 4.79 Å². The van der Waals surface area contributed by atoms with E-state index >= 15 is 0 Å². The number of piperidine rings is 1. The Morgan fingerprint density at radius 3 is 2.60 bits per heavy atom. The summed E-state index contributed by atoms with van der Waals surface area (Å²) in [4.78, 5) is 13.4. The van der Waals surface area contributed by atoms with Crippen LogP contribution in [-0.4, -0.2) is 56.0 Å². The average molecular weight is 286 g/mol. The lowest BCUT2D eigenvalue weighted by Crippen LogP contribution is -2.45. The van der Waals surface area contributed by atoms with Crippen LogP contribution >= 0.6 is 0 Å². The number of ether oxygens (including phenoxy) is 2. The van der Waals surface area contributed by atoms with Crippen molar-refractivity contribution in [2.24, 2.45) is 0 Å². The monoisotopic (exact) mass is 286 g/mol. The second-order valence-corrected chi connectivity index (χ2v) is 5.54. The molecule has 5 nitrogen and oxygen atoms in total. The Balaban J connectivity index is 2.01. The van der Waals surface area contributed by atoms with Crippen molar-refractivity contribution in [1.29, 1.82) is 0 Å². The van der Waals surface area contributed by atoms with Gasteiger partial charge in [0.2, 0.25) is 0 Å². The number of carbonyl (C=O) groups excluding carboxylic acids is 1. The van der Waals surface area contributed by atoms with Crippen LogP contribution in [0.1, 0.15) is 46.5 Å². The third kappa shape index (κ3) is 7.10. The summed E-state index contributed by atoms with van der Waals surface area (Å²) < 4.78 is 10.5. The van der Waals surface area contributed by atoms with Gasteiger partial charge in [0.1, 0.15) is 0 Å². The zero-order valence-electron chi connectivity index (χ0n) is 13.2. The van der Waals surface area contributed by atoms with E-state index in [0.29, 0.717) is 18.8 Å². The molecular formula is C15H30N2O3. The van der Waals surface area contributed by atoms with Gasteiger partial charge in [0.25, 0.3) is 0 Å². The van der Waals surface area contributed by atoms with Crippen LogP contribution in [0.15, 0.2) is 0 Å². The van der Waals surface area contributed by atoms with Gasteiger partial charge in [-0.25, -0.2) is 4.79 Å². The summed E-state index contributed by atoms with van der Waals surface area (Å²) in [6.07, 6.45) is 4.44. The molecule has 0 aromatic heterocycles. The fourth-order valence-electron chi connectivity index (χ4n) is 2.33. The number of unbranched alkanes of at least 4 members (excludes halogenated alkanes) is 1. The maximum absolute atomic E-state index is 11.6. The molecule has 1 heterocycles. The Hall–Kier alpha value is -0.810. The molecule has 0 aromatic rings. The van der Waals surface area contributed by atoms with Crippen LogP contribution < -0.4 is 5.32 Å². The van der Waals surface area contributed by atoms with Crippen molar-refractivity contribution in [3.63, 3.8) is 0 Å². The van der Waals surface area contributed by atoms with Gasteiger partial charge in [-0.15, -0.1) is 0 Å². The molecule has 0 spiro atoms. The van der Waals surface area contributed by atoms with E-state index in [1.54, 1.807) is 4.90 Å². The molecule has 5 heteroatoms. The van der Waals surface area contributed by atoms with E-state index in [-0.39, 0.29) is 6.09 Å². The van der Waals surface area contributed by atoms with Gasteiger partial charge in [-0.05, 0) is 53.0 Å². The fourth-order valence-corrected chi connectivity index (χ4v) is 2.33. The third-order valence-electron chi connectivity index (χ3n) is 3.48. The van der Waals surface area contributed by atoms with Crippen molar-refractivity contribution in [1.82, 2.24) is 10.2 Å². The number of likely N-dealkylation sites (tertiary alicyclic amines) is 1. The van der Waals surface area contributed by atoms with Gasteiger partial charge in [0.05, 0.1) is 12.7 Å². The lowest BCUT2D eigenvalue weighted by Gasteiger charge is -2.31. The van der Waals surface area contributed by atoms with E-state index in [4.69, 9.17) is 9.47 Å². The summed E-state index contributed by atoms with van der Waals surface area (Å²) in [5.41, 5.74) is 0. The van der Waals surface area contributed by atoms with Crippen LogP contribution in [0.4, 0.5) is 4.79 Å². The topological polar surface area (TPSA) is 50.8 Å². The molecule has 0 unspecified atom stereocenters. The van der Waals surface area contributed by atoms with Crippen molar-refractivity contribution in [2.75, 3.05) is 32.8 Å². The molecule has 1 aliphatic heterocycles. The summed E-state index contributed by atoms with van der Waals surface area (Å²) in [6.45, 7) is 9.90. The zero-order valence-corrected chi connectivity index (χ0v) is 13.2. The second kappa shape index (κ2) is 10.00. The van der Waals surface area contributed by atoms with E-state index in [1.807, 2.05) is 6.92 Å². The minimum atomic E-state index is -0.170. The van der Waals surface area contributed by atoms with Gasteiger partial charge in [-0.1, -0.05) is 0 Å². The highest BCUT2D eigenvalue weighted by molar-refractivity contribution is 5.67. The van der Waals surface area contributed by atoms with E-state index in [1.165, 1.54) is 0 Å². The molecular weight excluding hydrogens is 256 g/mol. The standard InChI is InChI=1S/C15H30N2O3/c1-4-19-15(18)17-10-7-14(8-11-17)16-9-5-6-12-20-13(2)3/h13-14,16H,4-12H2,1-3H3. The molecule has 0 bridgehead atoms. The minimum Gasteiger partial charge on any atom is -0.450 e. The van der Waals surface area contributed by atoms with Crippen LogP contribution in [0.25, 0.3) is 0 Å². The van der Waals surface area contributed by atoms with Crippen LogP contribution in [0.5, 0.6) is 0 Å². The molecule has 0 aliphatic carbocycles. The Morgan fingerprint density at radius 2 is 2.00 bits per heavy atom. The minimum absolute atomic E-state index is 0.170. The predicted octanol–water partition coefficient (Wildman–Crippen LogP) is 2.40. The van der Waals surface area contributed by atoms with E-state index in [0.717, 1.165) is 51.9 Å². The van der Waals surface area contributed by atoms with Crippen molar-refractivity contribution in [3.8, 4) is 0 Å². The summed E-state index contributed by atoms with van der Waals surface area (Å²) in [7, 11) is 0. The highest BCUT2D eigenvalue weighted by Crippen LogP contribution is 2.11. The summed E-state index contributed by atoms with van der Waals surface area (Å²) in [5, 5.41) is 3.57. The van der Waals surface area contributed by atoms with Crippen LogP contribution in [0.2, 0.25) is 0 Å². The number of nitrogens with zero attached hydrogens (tertiary/aromatic N) is 1. The Bertz CT molecular complexity index is 264. The molecule has 118 valence electrons. The maximum atomic E-state index is 11.6. The molecule has 1 saturated heterocycles. The van der Waals surface area contributed by atoms with Crippen molar-refractivity contribution in [2.45, 2.75) is 58.6 Å². The molecule has 1 N–H and O–H groups in total. The molecule has 0 radical (unpaired) electrons. The summed E-state index contributed by atoms with van der Waals surface area (Å²) in [6, 6.07) is 0.534. The van der Waals surface area contributed by atoms with E-state index < -0.39 is 0 Å². The maximum Gasteiger partial charge on any atom is 0.409 e. The summed E-state index contributed by atoms with van der Waals surface area (Å²) >= 11 is 0. The average Bonchev–Trinajstić information content (AvgIpc) is 2.43. The second-order valence-electron chi connectivity index (χ2n) is 5.54. The Labute approximate surface area is 123 Å². The third-order valence-corrected chi connectivity index (χ3v) is 3.48. The van der Waals surface area contributed by atoms with Gasteiger partial charge in [0, 0.05) is 25.7 Å². The molecule has 1 aliphatic rings. The van der Waals surface area contributed by atoms with Gasteiger partial charge in [-0.3, -0.25) is 0 Å². The number of amides is 1. The highest BCUT2D eigenvalue weighted by Gasteiger charge is 2.22. The number of hydrogen-bond acceptors (Lipinski definition) is 4. The van der Waals surface area contributed by atoms with E-state index in [2.05, 4.69) is 19.2 Å². The molecule has 0 saturated carbocycles. The van der Waals surface area contributed by atoms with Crippen LogP contribution in [0.3, 0.4) is 0 Å². The lowest BCUT2D eigenvalue weighted by molar-refractivity contribution is 0.0755. The first-order chi connectivity index (χ1) is 9.63. The molecule has 1 amide bonds. The molecule has 1 rings (SSSR count). The highest BCUT2D eigenvalue weighted by atomic mass is 16.6. The number of hydrogen-bond donors (Lipinski definition) is 1. The van der Waals surface area contributed by atoms with Gasteiger partial charge >= 0.3 is 6.09 Å². The molecule has 0 atom stereocenters. The Morgan fingerprint density at radius 1 is 1.30 bits per heavy atom. The number of nitrogens with one attached hydrogen (secondary N) is 1. The lowest BCUT2D eigenvalue weighted by atomic mass is 10.1. The fraction of sp³-hybridized carbons (Fsp3) is 0.933. The van der Waals surface area contributed by atoms with Gasteiger partial charge < -0.3 is 19.7 Å². The Kier molecular flexibility index (Phi) is 8.62. The van der Waals surface area contributed by atoms with Crippen LogP contribution in [0, 0.1) is 0 Å². The smallest absolute Gasteiger partial charge is 0.409 e. The first-order valence-electron chi connectivity index (χ1n) is 7.90. The predicted molar refractivity (Wildman–Crippen MR) is 79.9 cm³/mol. The first-order valence-corrected chi connectivity index (χ1v) is 7.90. The number of carbonyl (C=O) groups is 1. The van der Waals surface area contributed by atoms with Gasteiger partial charge in [-0.2, -0.15) is 0 Å². The van der Waals surface area contributed by atoms with Gasteiger partial charge in [0.15, 0.2) is 0 Å². The summed E-state index contributed by atoms with van der Waals surface area (Å²) in [5.74, 6) is 0. The van der Waals surface area contributed by atoms with Crippen molar-refractivity contribution >= 4 is 6.09 Å². The molecule has 0 aromatic carbocycles. The number of rotatable bonds is 8. The SMILES string of the molecule is CCOC(=O)N1CCC(NCCCCOC(C)C)CC1. The normalized spacial score (nSPS) is 16.7.